The van der Waals surface area contributed by atoms with Gasteiger partial charge < -0.3 is 4.74 Å². The highest BCUT2D eigenvalue weighted by Crippen LogP contribution is 2.42. The van der Waals surface area contributed by atoms with Crippen LogP contribution in [0.5, 0.6) is 0 Å². The molecule has 2 heterocycles. The molecule has 2 aliphatic rings. The van der Waals surface area contributed by atoms with Gasteiger partial charge in [0.05, 0.1) is 11.3 Å². The molecule has 2 aromatic carbocycles. The summed E-state index contributed by atoms with van der Waals surface area (Å²) >= 11 is 3.42. The Bertz CT molecular complexity index is 884. The van der Waals surface area contributed by atoms with Crippen molar-refractivity contribution in [3.05, 3.63) is 75.4 Å². The molecule has 0 spiro atoms. The first-order valence-electron chi connectivity index (χ1n) is 8.10. The third-order valence-electron chi connectivity index (χ3n) is 4.68. The molecule has 0 saturated carbocycles. The number of benzene rings is 2. The first-order valence-corrected chi connectivity index (χ1v) is 8.89. The average Bonchev–Trinajstić information content (AvgIpc) is 2.98. The Hall–Kier alpha value is -2.40. The van der Waals surface area contributed by atoms with Crippen molar-refractivity contribution in [3.8, 4) is 0 Å². The Kier molecular flexibility index (Phi) is 3.96. The molecule has 1 unspecified atom stereocenters. The minimum atomic E-state index is -0.326. The van der Waals surface area contributed by atoms with E-state index in [4.69, 9.17) is 4.74 Å². The third kappa shape index (κ3) is 2.78. The number of esters is 1. The summed E-state index contributed by atoms with van der Waals surface area (Å²) in [6.45, 7) is 2.14. The van der Waals surface area contributed by atoms with Crippen LogP contribution in [-0.4, -0.2) is 18.5 Å². The SMILES string of the molecule is Cc1ccc(N2C(=O)CC(c3ccc(Br)cc3)C3=C2COC3=O)cc1. The Morgan fingerprint density at radius 1 is 1.04 bits per heavy atom. The highest BCUT2D eigenvalue weighted by molar-refractivity contribution is 9.10. The topological polar surface area (TPSA) is 46.6 Å². The Balaban J connectivity index is 1.81. The largest absolute Gasteiger partial charge is 0.456 e. The quantitative estimate of drug-likeness (QED) is 0.716. The zero-order chi connectivity index (χ0) is 17.6. The highest BCUT2D eigenvalue weighted by atomic mass is 79.9. The van der Waals surface area contributed by atoms with Crippen LogP contribution in [0.3, 0.4) is 0 Å². The standard InChI is InChI=1S/C20H16BrNO3/c1-12-2-8-15(9-3-12)22-17-11-25-20(24)19(17)16(10-18(22)23)13-4-6-14(21)7-5-13/h2-9,16H,10-11H2,1H3. The normalized spacial score (nSPS) is 19.9. The molecule has 126 valence electrons. The van der Waals surface area contributed by atoms with Crippen LogP contribution in [0.15, 0.2) is 64.3 Å². The van der Waals surface area contributed by atoms with Gasteiger partial charge in [-0.25, -0.2) is 4.79 Å². The molecule has 5 heteroatoms. The number of rotatable bonds is 2. The fraction of sp³-hybridized carbons (Fsp3) is 0.200. The van der Waals surface area contributed by atoms with Crippen molar-refractivity contribution in [1.82, 2.24) is 0 Å². The van der Waals surface area contributed by atoms with E-state index in [2.05, 4.69) is 15.9 Å². The molecule has 0 radical (unpaired) electrons. The number of carbonyl (C=O) groups is 2. The number of hydrogen-bond donors (Lipinski definition) is 0. The average molecular weight is 398 g/mol. The lowest BCUT2D eigenvalue weighted by Gasteiger charge is -2.32. The lowest BCUT2D eigenvalue weighted by molar-refractivity contribution is -0.136. The second-order valence-electron chi connectivity index (χ2n) is 6.31. The van der Waals surface area contributed by atoms with Gasteiger partial charge in [0.1, 0.15) is 6.61 Å². The van der Waals surface area contributed by atoms with E-state index in [0.717, 1.165) is 21.3 Å². The molecule has 0 N–H and O–H groups in total. The summed E-state index contributed by atoms with van der Waals surface area (Å²) in [6, 6.07) is 15.5. The molecule has 4 nitrogen and oxygen atoms in total. The molecule has 1 atom stereocenters. The number of amides is 1. The number of cyclic esters (lactones) is 1. The van der Waals surface area contributed by atoms with Gasteiger partial charge in [-0.15, -0.1) is 0 Å². The molecule has 0 aliphatic carbocycles. The van der Waals surface area contributed by atoms with Crippen LogP contribution in [0.25, 0.3) is 0 Å². The van der Waals surface area contributed by atoms with Crippen LogP contribution in [0.1, 0.15) is 23.5 Å². The summed E-state index contributed by atoms with van der Waals surface area (Å²) in [7, 11) is 0. The van der Waals surface area contributed by atoms with Crippen LogP contribution in [0.2, 0.25) is 0 Å². The van der Waals surface area contributed by atoms with Gasteiger partial charge in [-0.1, -0.05) is 45.8 Å². The molecule has 0 bridgehead atoms. The number of hydrogen-bond acceptors (Lipinski definition) is 3. The van der Waals surface area contributed by atoms with E-state index in [1.54, 1.807) is 4.90 Å². The Morgan fingerprint density at radius 2 is 1.72 bits per heavy atom. The summed E-state index contributed by atoms with van der Waals surface area (Å²) < 4.78 is 6.24. The lowest BCUT2D eigenvalue weighted by Crippen LogP contribution is -2.37. The third-order valence-corrected chi connectivity index (χ3v) is 5.21. The van der Waals surface area contributed by atoms with Crippen molar-refractivity contribution in [2.75, 3.05) is 11.5 Å². The first kappa shape index (κ1) is 16.1. The summed E-state index contributed by atoms with van der Waals surface area (Å²) in [4.78, 5) is 26.9. The van der Waals surface area contributed by atoms with E-state index in [1.807, 2.05) is 55.5 Å². The fourth-order valence-electron chi connectivity index (χ4n) is 3.43. The van der Waals surface area contributed by atoms with Gasteiger partial charge >= 0.3 is 5.97 Å². The van der Waals surface area contributed by atoms with Gasteiger partial charge in [-0.3, -0.25) is 9.69 Å². The zero-order valence-corrected chi connectivity index (χ0v) is 15.2. The fourth-order valence-corrected chi connectivity index (χ4v) is 3.69. The van der Waals surface area contributed by atoms with Crippen molar-refractivity contribution in [3.63, 3.8) is 0 Å². The van der Waals surface area contributed by atoms with Crippen molar-refractivity contribution in [2.24, 2.45) is 0 Å². The lowest BCUT2D eigenvalue weighted by atomic mass is 9.84. The summed E-state index contributed by atoms with van der Waals surface area (Å²) in [5.41, 5.74) is 4.11. The van der Waals surface area contributed by atoms with E-state index < -0.39 is 0 Å². The smallest absolute Gasteiger partial charge is 0.336 e. The summed E-state index contributed by atoms with van der Waals surface area (Å²) in [5, 5.41) is 0. The van der Waals surface area contributed by atoms with Crippen LogP contribution >= 0.6 is 15.9 Å². The highest BCUT2D eigenvalue weighted by Gasteiger charge is 2.42. The molecule has 0 saturated heterocycles. The van der Waals surface area contributed by atoms with E-state index in [1.165, 1.54) is 0 Å². The number of carbonyl (C=O) groups excluding carboxylic acids is 2. The summed E-state index contributed by atoms with van der Waals surface area (Å²) in [6.07, 6.45) is 0.253. The summed E-state index contributed by atoms with van der Waals surface area (Å²) in [5.74, 6) is -0.603. The molecule has 2 aliphatic heterocycles. The number of nitrogens with zero attached hydrogens (tertiary/aromatic N) is 1. The van der Waals surface area contributed by atoms with Gasteiger partial charge in [-0.2, -0.15) is 0 Å². The molecule has 0 fully saturated rings. The molecule has 2 aromatic rings. The van der Waals surface area contributed by atoms with Crippen LogP contribution < -0.4 is 4.90 Å². The van der Waals surface area contributed by atoms with Gasteiger partial charge in [-0.05, 0) is 36.8 Å². The van der Waals surface area contributed by atoms with Crippen molar-refractivity contribution in [2.45, 2.75) is 19.3 Å². The molecular weight excluding hydrogens is 382 g/mol. The molecule has 0 aromatic heterocycles. The first-order chi connectivity index (χ1) is 12.0. The maximum atomic E-state index is 12.9. The zero-order valence-electron chi connectivity index (χ0n) is 13.7. The number of anilines is 1. The minimum absolute atomic E-state index is 0.0196. The number of ether oxygens (including phenoxy) is 1. The van der Waals surface area contributed by atoms with Crippen LogP contribution in [0.4, 0.5) is 5.69 Å². The number of halogens is 1. The Morgan fingerprint density at radius 3 is 2.40 bits per heavy atom. The van der Waals surface area contributed by atoms with Gasteiger partial charge in [0.2, 0.25) is 5.91 Å². The maximum Gasteiger partial charge on any atom is 0.336 e. The molecule has 25 heavy (non-hydrogen) atoms. The van der Waals surface area contributed by atoms with E-state index in [0.29, 0.717) is 11.3 Å². The van der Waals surface area contributed by atoms with Gasteiger partial charge in [0.25, 0.3) is 0 Å². The van der Waals surface area contributed by atoms with Crippen molar-refractivity contribution in [1.29, 1.82) is 0 Å². The Labute approximate surface area is 154 Å². The molecular formula is C20H16BrNO3. The second-order valence-corrected chi connectivity index (χ2v) is 7.23. The monoisotopic (exact) mass is 397 g/mol. The second kappa shape index (κ2) is 6.15. The van der Waals surface area contributed by atoms with Gasteiger partial charge in [0.15, 0.2) is 0 Å². The maximum absolute atomic E-state index is 12.9. The van der Waals surface area contributed by atoms with Crippen LogP contribution in [-0.2, 0) is 14.3 Å². The van der Waals surface area contributed by atoms with E-state index in [9.17, 15) is 9.59 Å². The number of aryl methyl sites for hydroxylation is 1. The molecule has 1 amide bonds. The minimum Gasteiger partial charge on any atom is -0.456 e. The van der Waals surface area contributed by atoms with Crippen molar-refractivity contribution < 1.29 is 14.3 Å². The molecule has 4 rings (SSSR count). The van der Waals surface area contributed by atoms with Crippen LogP contribution in [0, 0.1) is 6.92 Å². The van der Waals surface area contributed by atoms with Crippen molar-refractivity contribution >= 4 is 33.5 Å². The predicted molar refractivity (Wildman–Crippen MR) is 98.2 cm³/mol. The van der Waals surface area contributed by atoms with Gasteiger partial charge in [0, 0.05) is 22.5 Å². The predicted octanol–water partition coefficient (Wildman–Crippen LogP) is 4.09. The van der Waals surface area contributed by atoms with E-state index >= 15 is 0 Å². The van der Waals surface area contributed by atoms with E-state index in [-0.39, 0.29) is 30.8 Å².